The fourth-order valence-corrected chi connectivity index (χ4v) is 6.43. The highest BCUT2D eigenvalue weighted by atomic mass is 19.1. The van der Waals surface area contributed by atoms with Crippen molar-refractivity contribution in [3.63, 3.8) is 0 Å². The minimum atomic E-state index is -1.45. The second-order valence-corrected chi connectivity index (χ2v) is 14.0. The van der Waals surface area contributed by atoms with Crippen molar-refractivity contribution >= 4 is 12.1 Å². The lowest BCUT2D eigenvalue weighted by atomic mass is 9.89. The number of aliphatic hydroxyl groups excluding tert-OH is 1. The molecule has 0 radical (unpaired) electrons. The van der Waals surface area contributed by atoms with Crippen molar-refractivity contribution in [3.8, 4) is 11.3 Å². The Labute approximate surface area is 285 Å². The first-order valence-corrected chi connectivity index (χ1v) is 16.8. The third-order valence-corrected chi connectivity index (χ3v) is 8.87. The van der Waals surface area contributed by atoms with Crippen LogP contribution in [0.2, 0.25) is 0 Å². The highest BCUT2D eigenvalue weighted by molar-refractivity contribution is 5.75. The molecule has 2 unspecified atom stereocenters. The maximum absolute atomic E-state index is 15.8. The molecule has 2 fully saturated rings. The predicted molar refractivity (Wildman–Crippen MR) is 177 cm³/mol. The number of rotatable bonds is 10. The van der Waals surface area contributed by atoms with Crippen molar-refractivity contribution in [2.45, 2.75) is 70.9 Å². The minimum Gasteiger partial charge on any atom is -0.444 e. The summed E-state index contributed by atoms with van der Waals surface area (Å²) in [5, 5.41) is 12.6. The van der Waals surface area contributed by atoms with E-state index in [2.05, 4.69) is 5.32 Å². The number of halogens is 3. The number of hydrogen-bond acceptors (Lipinski definition) is 6. The van der Waals surface area contributed by atoms with Gasteiger partial charge < -0.3 is 34.3 Å². The number of carbonyl (C=O) groups is 2. The van der Waals surface area contributed by atoms with Crippen molar-refractivity contribution in [1.82, 2.24) is 24.7 Å². The van der Waals surface area contributed by atoms with Gasteiger partial charge in [-0.1, -0.05) is 30.3 Å². The highest BCUT2D eigenvalue weighted by Gasteiger charge is 2.43. The van der Waals surface area contributed by atoms with E-state index >= 15 is 8.78 Å². The third-order valence-electron chi connectivity index (χ3n) is 8.87. The van der Waals surface area contributed by atoms with Crippen LogP contribution in [-0.4, -0.2) is 93.9 Å². The molecule has 2 aliphatic heterocycles. The van der Waals surface area contributed by atoms with Gasteiger partial charge in [0.05, 0.1) is 30.9 Å². The van der Waals surface area contributed by atoms with Crippen molar-refractivity contribution in [1.29, 1.82) is 0 Å². The fourth-order valence-electron chi connectivity index (χ4n) is 6.43. The Kier molecular flexibility index (Phi) is 11.5. The number of benzene rings is 2. The Bertz CT molecular complexity index is 1580. The van der Waals surface area contributed by atoms with Crippen LogP contribution >= 0.6 is 0 Å². The van der Waals surface area contributed by atoms with Crippen LogP contribution in [-0.2, 0) is 16.0 Å². The van der Waals surface area contributed by atoms with Crippen LogP contribution in [0.25, 0.3) is 11.3 Å². The predicted octanol–water partition coefficient (Wildman–Crippen LogP) is 5.94. The molecule has 2 aliphatic rings. The Hall–Kier alpha value is -4.10. The summed E-state index contributed by atoms with van der Waals surface area (Å²) in [6, 6.07) is 10.8. The summed E-state index contributed by atoms with van der Waals surface area (Å²) in [6.45, 7) is 7.45. The van der Waals surface area contributed by atoms with Crippen LogP contribution in [0.15, 0.2) is 54.7 Å². The molecular weight excluding hydrogens is 639 g/mol. The van der Waals surface area contributed by atoms with Gasteiger partial charge in [-0.25, -0.2) is 27.7 Å². The van der Waals surface area contributed by atoms with Gasteiger partial charge in [-0.2, -0.15) is 0 Å². The van der Waals surface area contributed by atoms with E-state index in [9.17, 15) is 19.1 Å². The number of alkyl halides is 1. The first kappa shape index (κ1) is 36.2. The molecule has 0 aliphatic carbocycles. The van der Waals surface area contributed by atoms with E-state index in [1.54, 1.807) is 33.9 Å². The van der Waals surface area contributed by atoms with E-state index in [-0.39, 0.29) is 43.4 Å². The average Bonchev–Trinajstić information content (AvgIpc) is 3.64. The fraction of sp³-hybridized carbons (Fsp3) is 0.528. The van der Waals surface area contributed by atoms with Gasteiger partial charge in [0.2, 0.25) is 0 Å². The molecule has 5 rings (SSSR count). The number of likely N-dealkylation sites (tertiary alicyclic amines) is 1. The summed E-state index contributed by atoms with van der Waals surface area (Å²) in [5.74, 6) is -1.83. The first-order valence-electron chi connectivity index (χ1n) is 16.8. The molecule has 1 aromatic heterocycles. The van der Waals surface area contributed by atoms with E-state index < -0.39 is 53.5 Å². The van der Waals surface area contributed by atoms with Crippen LogP contribution in [0.1, 0.15) is 58.0 Å². The molecule has 2 saturated heterocycles. The zero-order valence-electron chi connectivity index (χ0n) is 28.4. The Morgan fingerprint density at radius 3 is 2.51 bits per heavy atom. The number of nitrogens with one attached hydrogen (secondary N) is 1. The van der Waals surface area contributed by atoms with Gasteiger partial charge in [0.25, 0.3) is 0 Å². The molecule has 0 saturated carbocycles. The number of amides is 3. The van der Waals surface area contributed by atoms with Gasteiger partial charge >= 0.3 is 12.1 Å². The normalized spacial score (nSPS) is 19.8. The average molecular weight is 686 g/mol. The molecule has 3 amide bonds. The molecule has 3 heterocycles. The lowest BCUT2D eigenvalue weighted by molar-refractivity contribution is 0.0234. The van der Waals surface area contributed by atoms with Crippen molar-refractivity contribution in [2.75, 3.05) is 39.5 Å². The minimum absolute atomic E-state index is 0.0219. The smallest absolute Gasteiger partial charge is 0.410 e. The summed E-state index contributed by atoms with van der Waals surface area (Å²) in [4.78, 5) is 34.9. The van der Waals surface area contributed by atoms with Gasteiger partial charge in [-0.3, -0.25) is 0 Å². The lowest BCUT2D eigenvalue weighted by Crippen LogP contribution is -2.51. The second kappa shape index (κ2) is 15.6. The maximum Gasteiger partial charge on any atom is 0.410 e. The number of carbonyl (C=O) groups excluding carboxylic acids is 2. The maximum atomic E-state index is 15.8. The highest BCUT2D eigenvalue weighted by Crippen LogP contribution is 2.38. The van der Waals surface area contributed by atoms with Crippen LogP contribution in [0.5, 0.6) is 0 Å². The zero-order valence-corrected chi connectivity index (χ0v) is 28.4. The summed E-state index contributed by atoms with van der Waals surface area (Å²) >= 11 is 0. The van der Waals surface area contributed by atoms with Crippen LogP contribution in [0, 0.1) is 23.5 Å². The quantitative estimate of drug-likeness (QED) is 0.274. The van der Waals surface area contributed by atoms with Gasteiger partial charge in [-0.05, 0) is 70.2 Å². The number of ether oxygens (including phenoxy) is 2. The Morgan fingerprint density at radius 2 is 1.84 bits per heavy atom. The van der Waals surface area contributed by atoms with E-state index in [4.69, 9.17) is 14.5 Å². The van der Waals surface area contributed by atoms with E-state index in [1.165, 1.54) is 9.80 Å². The summed E-state index contributed by atoms with van der Waals surface area (Å²) in [7, 11) is 0. The van der Waals surface area contributed by atoms with Gasteiger partial charge in [0.15, 0.2) is 0 Å². The summed E-state index contributed by atoms with van der Waals surface area (Å²) in [5.41, 5.74) is 0.298. The van der Waals surface area contributed by atoms with Gasteiger partial charge in [-0.15, -0.1) is 0 Å². The third kappa shape index (κ3) is 9.13. The topological polar surface area (TPSA) is 109 Å². The zero-order chi connectivity index (χ0) is 35.3. The van der Waals surface area contributed by atoms with E-state index in [1.807, 2.05) is 34.9 Å². The number of urea groups is 1. The van der Waals surface area contributed by atoms with E-state index in [0.717, 1.165) is 23.8 Å². The number of imidazole rings is 1. The van der Waals surface area contributed by atoms with Gasteiger partial charge in [0.1, 0.15) is 29.2 Å². The van der Waals surface area contributed by atoms with Gasteiger partial charge in [0, 0.05) is 50.5 Å². The molecular formula is C36H46F3N5O5. The van der Waals surface area contributed by atoms with Crippen LogP contribution in [0.3, 0.4) is 0 Å². The number of aliphatic hydroxyl groups is 1. The largest absolute Gasteiger partial charge is 0.444 e. The Balaban J connectivity index is 1.60. The SMILES string of the molecule is CC(CO)NC(=O)N(C[C@@H]1CN(C(=O)OC(C)(C)C)C[C@@H]1F)C(c1nc(-c2cc(F)ccc2F)cn1Cc1ccccc1)C1CCOCC1. The number of aromatic nitrogens is 2. The standard InChI is InChI=1S/C36H46F3N5O5/c1-23(22-45)40-34(46)44(19-26-18-43(20-30(26)39)35(47)49-36(2,3)4)32(25-12-14-48-15-13-25)33-41-31(28-16-27(37)10-11-29(28)38)21-42(33)17-24-8-6-5-7-9-24/h5-11,16,21,23,25-26,30,32,45H,12-15,17-20,22H2,1-4H3,(H,40,46)/t23?,26-,30-,32?/m0/s1. The molecule has 49 heavy (non-hydrogen) atoms. The molecule has 0 spiro atoms. The van der Waals surface area contributed by atoms with Crippen molar-refractivity contribution in [3.05, 3.63) is 77.8 Å². The van der Waals surface area contributed by atoms with Crippen molar-refractivity contribution < 1.29 is 37.3 Å². The summed E-state index contributed by atoms with van der Waals surface area (Å²) in [6.07, 6.45) is 0.675. The van der Waals surface area contributed by atoms with Crippen LogP contribution in [0.4, 0.5) is 22.8 Å². The molecule has 0 bridgehead atoms. The molecule has 266 valence electrons. The molecule has 2 aromatic carbocycles. The molecule has 3 aromatic rings. The molecule has 4 atom stereocenters. The molecule has 13 heteroatoms. The number of hydrogen-bond donors (Lipinski definition) is 2. The second-order valence-electron chi connectivity index (χ2n) is 14.0. The Morgan fingerprint density at radius 1 is 1.12 bits per heavy atom. The van der Waals surface area contributed by atoms with Crippen molar-refractivity contribution in [2.24, 2.45) is 11.8 Å². The number of nitrogens with zero attached hydrogens (tertiary/aromatic N) is 4. The molecule has 10 nitrogen and oxygen atoms in total. The first-order chi connectivity index (χ1) is 23.3. The summed E-state index contributed by atoms with van der Waals surface area (Å²) < 4.78 is 58.4. The lowest BCUT2D eigenvalue weighted by Gasteiger charge is -2.40. The monoisotopic (exact) mass is 685 g/mol. The molecule has 2 N–H and O–H groups in total. The van der Waals surface area contributed by atoms with E-state index in [0.29, 0.717) is 38.4 Å². The van der Waals surface area contributed by atoms with Crippen LogP contribution < -0.4 is 5.32 Å².